The van der Waals surface area contributed by atoms with E-state index >= 15 is 0 Å². The van der Waals surface area contributed by atoms with E-state index in [9.17, 15) is 13.2 Å². The van der Waals surface area contributed by atoms with Gasteiger partial charge in [-0.1, -0.05) is 42.1 Å². The van der Waals surface area contributed by atoms with Crippen LogP contribution in [0.4, 0.5) is 11.4 Å². The molecule has 2 atom stereocenters. The van der Waals surface area contributed by atoms with E-state index in [4.69, 9.17) is 4.74 Å². The molecule has 1 amide bonds. The average molecular weight is 514 g/mol. The average Bonchev–Trinajstić information content (AvgIpc) is 3.31. The molecule has 7 nitrogen and oxygen atoms in total. The zero-order valence-electron chi connectivity index (χ0n) is 19.9. The maximum absolute atomic E-state index is 12.3. The van der Waals surface area contributed by atoms with Crippen LogP contribution in [0.15, 0.2) is 59.6 Å². The fraction of sp³-hybridized carbons (Fsp3) is 0.462. The lowest BCUT2D eigenvalue weighted by Crippen LogP contribution is -2.38. The van der Waals surface area contributed by atoms with Gasteiger partial charge in [0.15, 0.2) is 15.0 Å². The highest BCUT2D eigenvalue weighted by Gasteiger charge is 2.49. The van der Waals surface area contributed by atoms with Crippen molar-refractivity contribution in [3.8, 4) is 0 Å². The van der Waals surface area contributed by atoms with Crippen LogP contribution in [0.2, 0.25) is 0 Å². The van der Waals surface area contributed by atoms with Crippen LogP contribution < -0.4 is 9.80 Å². The Bertz CT molecular complexity index is 1180. The number of hydrogen-bond acceptors (Lipinski definition) is 6. The number of carbonyl (C=O) groups excluding carboxylic acids is 1. The Morgan fingerprint density at radius 3 is 2.40 bits per heavy atom. The fourth-order valence-corrected chi connectivity index (χ4v) is 9.23. The standard InChI is InChI=1S/C26H31N3O4S2/c1-33-16-25(30)27-26-29(23-17-35(31,32)18-24(23)34-26)22-9-7-21(8-10-22)28-13-11-20(12-14-28)15-19-5-3-2-4-6-19/h2-10,20,23-24H,11-18H2,1H3/t23-,24+/m1/s1. The Morgan fingerprint density at radius 1 is 1.03 bits per heavy atom. The number of rotatable bonds is 6. The lowest BCUT2D eigenvalue weighted by atomic mass is 9.90. The van der Waals surface area contributed by atoms with E-state index in [-0.39, 0.29) is 35.3 Å². The van der Waals surface area contributed by atoms with Gasteiger partial charge in [-0.15, -0.1) is 0 Å². The number of carbonyl (C=O) groups is 1. The number of benzene rings is 2. The SMILES string of the molecule is COCC(=O)N=C1S[C@H]2CS(=O)(=O)C[C@H]2N1c1ccc(N2CCC(Cc3ccccc3)CC2)cc1. The Kier molecular flexibility index (Phi) is 7.18. The number of nitrogens with zero attached hydrogens (tertiary/aromatic N) is 3. The van der Waals surface area contributed by atoms with E-state index < -0.39 is 9.84 Å². The van der Waals surface area contributed by atoms with Gasteiger partial charge in [0.25, 0.3) is 5.91 Å². The van der Waals surface area contributed by atoms with Crippen molar-refractivity contribution in [3.05, 3.63) is 60.2 Å². The molecule has 0 radical (unpaired) electrons. The summed E-state index contributed by atoms with van der Waals surface area (Å²) in [5, 5.41) is 0.448. The van der Waals surface area contributed by atoms with Crippen LogP contribution in [0.25, 0.3) is 0 Å². The van der Waals surface area contributed by atoms with E-state index in [0.717, 1.165) is 25.2 Å². The number of ether oxygens (including phenoxy) is 1. The predicted octanol–water partition coefficient (Wildman–Crippen LogP) is 3.39. The molecule has 186 valence electrons. The number of sulfone groups is 1. The number of piperidine rings is 1. The molecule has 5 rings (SSSR count). The third-order valence-electron chi connectivity index (χ3n) is 7.03. The monoisotopic (exact) mass is 513 g/mol. The molecule has 0 aromatic heterocycles. The van der Waals surface area contributed by atoms with Crippen molar-refractivity contribution in [2.45, 2.75) is 30.6 Å². The molecule has 3 aliphatic heterocycles. The lowest BCUT2D eigenvalue weighted by Gasteiger charge is -2.34. The molecular weight excluding hydrogens is 482 g/mol. The Labute approximate surface area is 211 Å². The second-order valence-corrected chi connectivity index (χ2v) is 12.9. The highest BCUT2D eigenvalue weighted by molar-refractivity contribution is 8.16. The van der Waals surface area contributed by atoms with Gasteiger partial charge < -0.3 is 14.5 Å². The first kappa shape index (κ1) is 24.3. The Hall–Kier alpha value is -2.36. The maximum Gasteiger partial charge on any atom is 0.274 e. The number of thioether (sulfide) groups is 1. The molecule has 3 saturated heterocycles. The summed E-state index contributed by atoms with van der Waals surface area (Å²) >= 11 is 1.38. The van der Waals surface area contributed by atoms with E-state index in [1.807, 2.05) is 17.0 Å². The minimum absolute atomic E-state index is 0.0822. The highest BCUT2D eigenvalue weighted by atomic mass is 32.2. The Balaban J connectivity index is 1.28. The van der Waals surface area contributed by atoms with Gasteiger partial charge in [-0.25, -0.2) is 8.42 Å². The van der Waals surface area contributed by atoms with Gasteiger partial charge in [-0.3, -0.25) is 4.79 Å². The fourth-order valence-electron chi connectivity index (χ4n) is 5.30. The number of fused-ring (bicyclic) bond motifs is 1. The number of hydrogen-bond donors (Lipinski definition) is 0. The first-order valence-electron chi connectivity index (χ1n) is 12.1. The number of aliphatic imine (C=N–C) groups is 1. The second kappa shape index (κ2) is 10.3. The van der Waals surface area contributed by atoms with Crippen LogP contribution in [0.5, 0.6) is 0 Å². The zero-order valence-corrected chi connectivity index (χ0v) is 21.5. The smallest absolute Gasteiger partial charge is 0.274 e. The van der Waals surface area contributed by atoms with Crippen LogP contribution in [-0.4, -0.2) is 69.1 Å². The Morgan fingerprint density at radius 2 is 1.71 bits per heavy atom. The molecule has 2 aromatic rings. The van der Waals surface area contributed by atoms with Crippen LogP contribution in [0.1, 0.15) is 18.4 Å². The quantitative estimate of drug-likeness (QED) is 0.586. The highest BCUT2D eigenvalue weighted by Crippen LogP contribution is 2.41. The van der Waals surface area contributed by atoms with Crippen LogP contribution >= 0.6 is 11.8 Å². The van der Waals surface area contributed by atoms with E-state index in [0.29, 0.717) is 11.1 Å². The van der Waals surface area contributed by atoms with Crippen LogP contribution in [-0.2, 0) is 25.8 Å². The number of amidine groups is 1. The molecule has 3 aliphatic rings. The summed E-state index contributed by atoms with van der Waals surface area (Å²) in [6, 6.07) is 18.7. The minimum Gasteiger partial charge on any atom is -0.375 e. The normalized spacial score (nSPS) is 25.2. The molecular formula is C26H31N3O4S2. The van der Waals surface area contributed by atoms with Crippen molar-refractivity contribution < 1.29 is 17.9 Å². The van der Waals surface area contributed by atoms with E-state index in [2.05, 4.69) is 52.4 Å². The van der Waals surface area contributed by atoms with Crippen molar-refractivity contribution in [1.29, 1.82) is 0 Å². The van der Waals surface area contributed by atoms with Crippen molar-refractivity contribution in [1.82, 2.24) is 0 Å². The third kappa shape index (κ3) is 5.57. The second-order valence-electron chi connectivity index (χ2n) is 9.53. The van der Waals surface area contributed by atoms with E-state index in [1.54, 1.807) is 0 Å². The molecule has 0 bridgehead atoms. The van der Waals surface area contributed by atoms with Gasteiger partial charge in [0.2, 0.25) is 0 Å². The summed E-state index contributed by atoms with van der Waals surface area (Å²) in [6.45, 7) is 1.96. The third-order valence-corrected chi connectivity index (χ3v) is 10.2. The van der Waals surface area contributed by atoms with Gasteiger partial charge in [-0.05, 0) is 55.0 Å². The van der Waals surface area contributed by atoms with Crippen molar-refractivity contribution >= 4 is 44.0 Å². The molecule has 35 heavy (non-hydrogen) atoms. The summed E-state index contributed by atoms with van der Waals surface area (Å²) in [6.07, 6.45) is 3.47. The topological polar surface area (TPSA) is 79.3 Å². The van der Waals surface area contributed by atoms with Gasteiger partial charge in [-0.2, -0.15) is 4.99 Å². The summed E-state index contributed by atoms with van der Waals surface area (Å²) in [4.78, 5) is 20.7. The maximum atomic E-state index is 12.3. The van der Waals surface area contributed by atoms with E-state index in [1.165, 1.54) is 43.0 Å². The van der Waals surface area contributed by atoms with Gasteiger partial charge in [0.05, 0.1) is 17.5 Å². The van der Waals surface area contributed by atoms with Crippen LogP contribution in [0, 0.1) is 5.92 Å². The molecule has 0 N–H and O–H groups in total. The molecule has 9 heteroatoms. The lowest BCUT2D eigenvalue weighted by molar-refractivity contribution is -0.121. The van der Waals surface area contributed by atoms with Crippen molar-refractivity contribution in [3.63, 3.8) is 0 Å². The largest absolute Gasteiger partial charge is 0.375 e. The predicted molar refractivity (Wildman–Crippen MR) is 142 cm³/mol. The summed E-state index contributed by atoms with van der Waals surface area (Å²) < 4.78 is 29.5. The number of methoxy groups -OCH3 is 1. The molecule has 0 saturated carbocycles. The zero-order chi connectivity index (χ0) is 24.4. The minimum atomic E-state index is -3.10. The number of anilines is 2. The summed E-state index contributed by atoms with van der Waals surface area (Å²) in [5.74, 6) is 0.544. The van der Waals surface area contributed by atoms with Crippen molar-refractivity contribution in [2.75, 3.05) is 48.1 Å². The number of amides is 1. The summed E-state index contributed by atoms with van der Waals surface area (Å²) in [7, 11) is -1.64. The molecule has 3 heterocycles. The molecule has 3 fully saturated rings. The van der Waals surface area contributed by atoms with Crippen molar-refractivity contribution in [2.24, 2.45) is 10.9 Å². The van der Waals surface area contributed by atoms with Gasteiger partial charge in [0.1, 0.15) is 6.61 Å². The first-order valence-corrected chi connectivity index (χ1v) is 14.8. The first-order chi connectivity index (χ1) is 16.9. The summed E-state index contributed by atoms with van der Waals surface area (Å²) in [5.41, 5.74) is 3.45. The van der Waals surface area contributed by atoms with Gasteiger partial charge >= 0.3 is 0 Å². The molecule has 2 aromatic carbocycles. The molecule has 0 aliphatic carbocycles. The van der Waals surface area contributed by atoms with Crippen LogP contribution in [0.3, 0.4) is 0 Å². The molecule has 0 unspecified atom stereocenters. The molecule has 0 spiro atoms. The van der Waals surface area contributed by atoms with Gasteiger partial charge in [0, 0.05) is 36.8 Å².